The molecule has 19 heavy (non-hydrogen) atoms. The van der Waals surface area contributed by atoms with Crippen LogP contribution < -0.4 is 16.5 Å². The Hall–Kier alpha value is -2.95. The molecule has 1 aromatic rings. The number of halogens is 1. The summed E-state index contributed by atoms with van der Waals surface area (Å²) >= 11 is 0. The van der Waals surface area contributed by atoms with Gasteiger partial charge in [-0.1, -0.05) is 0 Å². The smallest absolute Gasteiger partial charge is 0.221 e. The number of anilines is 2. The van der Waals surface area contributed by atoms with Crippen molar-refractivity contribution in [2.24, 2.45) is 10.8 Å². The lowest BCUT2D eigenvalue weighted by Gasteiger charge is -2.06. The maximum absolute atomic E-state index is 13.5. The van der Waals surface area contributed by atoms with Gasteiger partial charge < -0.3 is 11.1 Å². The van der Waals surface area contributed by atoms with Crippen LogP contribution in [0.2, 0.25) is 0 Å². The van der Waals surface area contributed by atoms with Crippen molar-refractivity contribution in [1.29, 1.82) is 10.7 Å². The van der Waals surface area contributed by atoms with E-state index in [1.54, 1.807) is 6.07 Å². The molecule has 1 amide bonds. The fourth-order valence-corrected chi connectivity index (χ4v) is 1.15. The molecule has 1 rings (SSSR count). The van der Waals surface area contributed by atoms with E-state index in [4.69, 9.17) is 16.4 Å². The lowest BCUT2D eigenvalue weighted by Crippen LogP contribution is -2.22. The number of rotatable bonds is 4. The number of carbonyl (C=O) groups is 1. The second-order valence-corrected chi connectivity index (χ2v) is 3.47. The molecule has 0 unspecified atom stereocenters. The second kappa shape index (κ2) is 6.11. The molecule has 0 spiro atoms. The number of nitrogens with one attached hydrogen (secondary N) is 3. The van der Waals surface area contributed by atoms with E-state index in [1.165, 1.54) is 19.1 Å². The monoisotopic (exact) mass is 262 g/mol. The lowest BCUT2D eigenvalue weighted by atomic mass is 10.2. The number of carbonyl (C=O) groups excluding carboxylic acids is 1. The van der Waals surface area contributed by atoms with Gasteiger partial charge in [0.25, 0.3) is 0 Å². The van der Waals surface area contributed by atoms with Gasteiger partial charge in [-0.15, -0.1) is 0 Å². The van der Waals surface area contributed by atoms with Crippen LogP contribution in [0.15, 0.2) is 23.3 Å². The summed E-state index contributed by atoms with van der Waals surface area (Å²) in [6.07, 6.45) is 0. The van der Waals surface area contributed by atoms with Crippen molar-refractivity contribution in [1.82, 2.24) is 0 Å². The zero-order valence-electron chi connectivity index (χ0n) is 9.99. The van der Waals surface area contributed by atoms with Crippen LogP contribution in [0.5, 0.6) is 0 Å². The van der Waals surface area contributed by atoms with E-state index in [2.05, 4.69) is 15.8 Å². The molecule has 0 aliphatic rings. The van der Waals surface area contributed by atoms with E-state index < -0.39 is 11.7 Å². The Bertz CT molecular complexity index is 589. The first kappa shape index (κ1) is 14.1. The molecular formula is C11H11FN6O. The minimum Gasteiger partial charge on any atom is -0.382 e. The molecular weight excluding hydrogens is 251 g/mol. The number of benzene rings is 1. The summed E-state index contributed by atoms with van der Waals surface area (Å²) < 4.78 is 13.5. The zero-order valence-corrected chi connectivity index (χ0v) is 9.99. The van der Waals surface area contributed by atoms with Crippen molar-refractivity contribution >= 4 is 28.8 Å². The third-order valence-electron chi connectivity index (χ3n) is 1.94. The number of nitriles is 1. The van der Waals surface area contributed by atoms with Crippen LogP contribution in [0.4, 0.5) is 15.8 Å². The molecule has 0 bridgehead atoms. The number of amides is 1. The van der Waals surface area contributed by atoms with Gasteiger partial charge in [-0.3, -0.25) is 15.6 Å². The molecule has 0 fully saturated rings. The highest BCUT2D eigenvalue weighted by Gasteiger charge is 2.06. The van der Waals surface area contributed by atoms with E-state index in [-0.39, 0.29) is 17.3 Å². The van der Waals surface area contributed by atoms with Gasteiger partial charge in [-0.2, -0.15) is 10.4 Å². The van der Waals surface area contributed by atoms with Crippen molar-refractivity contribution in [3.63, 3.8) is 0 Å². The minimum absolute atomic E-state index is 0.0553. The fraction of sp³-hybridized carbons (Fsp3) is 0.0909. The van der Waals surface area contributed by atoms with Crippen LogP contribution in [0.25, 0.3) is 0 Å². The van der Waals surface area contributed by atoms with Crippen LogP contribution in [-0.2, 0) is 4.79 Å². The molecule has 0 heterocycles. The molecule has 0 atom stereocenters. The standard InChI is InChI=1S/C11H11FN6O/c1-6(19)16-7-2-3-8(12)9(4-7)17-18-10(5-13)11(14)15/h2-4,17H,1H3,(H3,14,15)(H,16,19)/b18-10+. The van der Waals surface area contributed by atoms with E-state index >= 15 is 0 Å². The molecule has 98 valence electrons. The first-order valence-corrected chi connectivity index (χ1v) is 5.09. The SMILES string of the molecule is CC(=O)Nc1ccc(F)c(N/N=C(\C#N)C(=N)N)c1. The molecule has 7 nitrogen and oxygen atoms in total. The minimum atomic E-state index is -0.626. The van der Waals surface area contributed by atoms with Gasteiger partial charge in [0.15, 0.2) is 5.84 Å². The van der Waals surface area contributed by atoms with Crippen molar-refractivity contribution in [3.8, 4) is 6.07 Å². The normalized spacial score (nSPS) is 10.5. The van der Waals surface area contributed by atoms with Crippen molar-refractivity contribution in [2.75, 3.05) is 10.7 Å². The maximum atomic E-state index is 13.5. The lowest BCUT2D eigenvalue weighted by molar-refractivity contribution is -0.114. The van der Waals surface area contributed by atoms with Gasteiger partial charge in [0.2, 0.25) is 11.6 Å². The summed E-state index contributed by atoms with van der Waals surface area (Å²) in [5.41, 5.74) is 7.30. The summed E-state index contributed by atoms with van der Waals surface area (Å²) in [6, 6.07) is 5.39. The molecule has 5 N–H and O–H groups in total. The summed E-state index contributed by atoms with van der Waals surface area (Å²) in [7, 11) is 0. The van der Waals surface area contributed by atoms with Crippen LogP contribution in [0.1, 0.15) is 6.92 Å². The second-order valence-electron chi connectivity index (χ2n) is 3.47. The number of nitrogens with two attached hydrogens (primary N) is 1. The van der Waals surface area contributed by atoms with Crippen molar-refractivity contribution < 1.29 is 9.18 Å². The van der Waals surface area contributed by atoms with Crippen LogP contribution >= 0.6 is 0 Å². The predicted molar refractivity (Wildman–Crippen MR) is 69.3 cm³/mol. The van der Waals surface area contributed by atoms with E-state index in [9.17, 15) is 9.18 Å². The van der Waals surface area contributed by atoms with Gasteiger partial charge in [0.1, 0.15) is 11.9 Å². The molecule has 0 saturated carbocycles. The highest BCUT2D eigenvalue weighted by molar-refractivity contribution is 6.45. The quantitative estimate of drug-likeness (QED) is 0.367. The largest absolute Gasteiger partial charge is 0.382 e. The Labute approximate surface area is 108 Å². The zero-order chi connectivity index (χ0) is 14.4. The Balaban J connectivity index is 2.98. The molecule has 0 radical (unpaired) electrons. The predicted octanol–water partition coefficient (Wildman–Crippen LogP) is 1.01. The summed E-state index contributed by atoms with van der Waals surface area (Å²) in [5.74, 6) is -1.46. The number of hydrazone groups is 1. The fourth-order valence-electron chi connectivity index (χ4n) is 1.15. The molecule has 8 heteroatoms. The Morgan fingerprint density at radius 3 is 2.79 bits per heavy atom. The van der Waals surface area contributed by atoms with E-state index in [1.807, 2.05) is 0 Å². The number of hydrogen-bond acceptors (Lipinski definition) is 5. The van der Waals surface area contributed by atoms with Gasteiger partial charge in [-0.25, -0.2) is 4.39 Å². The average Bonchev–Trinajstić information content (AvgIpc) is 2.32. The Morgan fingerprint density at radius 2 is 2.26 bits per heavy atom. The first-order valence-electron chi connectivity index (χ1n) is 5.09. The van der Waals surface area contributed by atoms with Gasteiger partial charge in [0.05, 0.1) is 5.69 Å². The van der Waals surface area contributed by atoms with Gasteiger partial charge in [0, 0.05) is 12.6 Å². The summed E-state index contributed by atoms with van der Waals surface area (Å²) in [6.45, 7) is 1.32. The topological polar surface area (TPSA) is 127 Å². The number of nitrogens with zero attached hydrogens (tertiary/aromatic N) is 2. The highest BCUT2D eigenvalue weighted by Crippen LogP contribution is 2.19. The highest BCUT2D eigenvalue weighted by atomic mass is 19.1. The van der Waals surface area contributed by atoms with Gasteiger partial charge in [-0.05, 0) is 18.2 Å². The number of amidine groups is 1. The molecule has 0 aliphatic carbocycles. The molecule has 0 aliphatic heterocycles. The Kier molecular flexibility index (Phi) is 4.54. The maximum Gasteiger partial charge on any atom is 0.221 e. The van der Waals surface area contributed by atoms with Gasteiger partial charge >= 0.3 is 0 Å². The van der Waals surface area contributed by atoms with E-state index in [0.29, 0.717) is 5.69 Å². The molecule has 1 aromatic carbocycles. The summed E-state index contributed by atoms with van der Waals surface area (Å²) in [5, 5.41) is 21.6. The first-order chi connectivity index (χ1) is 8.93. The summed E-state index contributed by atoms with van der Waals surface area (Å²) in [4.78, 5) is 10.9. The van der Waals surface area contributed by atoms with Crippen LogP contribution in [-0.4, -0.2) is 17.5 Å². The number of hydrogen-bond donors (Lipinski definition) is 4. The third kappa shape index (κ3) is 4.08. The molecule has 0 saturated heterocycles. The van der Waals surface area contributed by atoms with Crippen LogP contribution in [0, 0.1) is 22.6 Å². The van der Waals surface area contributed by atoms with E-state index in [0.717, 1.165) is 6.07 Å². The third-order valence-corrected chi connectivity index (χ3v) is 1.94. The van der Waals surface area contributed by atoms with Crippen LogP contribution in [0.3, 0.4) is 0 Å². The van der Waals surface area contributed by atoms with Crippen molar-refractivity contribution in [3.05, 3.63) is 24.0 Å². The Morgan fingerprint density at radius 1 is 1.58 bits per heavy atom. The molecule has 0 aromatic heterocycles. The average molecular weight is 262 g/mol. The van der Waals surface area contributed by atoms with Crippen molar-refractivity contribution in [2.45, 2.75) is 6.92 Å².